The van der Waals surface area contributed by atoms with Gasteiger partial charge in [-0.15, -0.1) is 0 Å². The molecule has 4 rings (SSSR count). The first-order chi connectivity index (χ1) is 16.4. The molecule has 0 radical (unpaired) electrons. The summed E-state index contributed by atoms with van der Waals surface area (Å²) in [5.41, 5.74) is 8.81. The molecule has 172 valence electrons. The lowest BCUT2D eigenvalue weighted by Gasteiger charge is -2.08. The maximum absolute atomic E-state index is 13.2. The van der Waals surface area contributed by atoms with Crippen LogP contribution in [0.25, 0.3) is 17.2 Å². The zero-order chi connectivity index (χ0) is 24.1. The Morgan fingerprint density at radius 2 is 1.88 bits per heavy atom. The van der Waals surface area contributed by atoms with Crippen molar-refractivity contribution in [2.24, 2.45) is 0 Å². The number of para-hydroxylation sites is 2. The normalized spacial score (nSPS) is 11.4. The van der Waals surface area contributed by atoms with Gasteiger partial charge >= 0.3 is 0 Å². The van der Waals surface area contributed by atoms with Crippen molar-refractivity contribution in [2.75, 3.05) is 18.2 Å². The summed E-state index contributed by atoms with van der Waals surface area (Å²) in [6.07, 6.45) is 7.34. The third-order valence-electron chi connectivity index (χ3n) is 5.02. The number of carbonyl (C=O) groups excluding carboxylic acids is 1. The van der Waals surface area contributed by atoms with E-state index in [4.69, 9.17) is 10.5 Å². The number of hydrogen-bond donors (Lipinski definition) is 2. The van der Waals surface area contributed by atoms with Gasteiger partial charge in [0, 0.05) is 36.3 Å². The van der Waals surface area contributed by atoms with Gasteiger partial charge in [0.1, 0.15) is 0 Å². The van der Waals surface area contributed by atoms with Gasteiger partial charge < -0.3 is 15.8 Å². The highest BCUT2D eigenvalue weighted by Gasteiger charge is 2.17. The molecular weight excluding hydrogens is 452 g/mol. The van der Waals surface area contributed by atoms with Gasteiger partial charge in [-0.1, -0.05) is 24.3 Å². The fraction of sp³-hybridized carbons (Fsp3) is 0.0400. The second-order valence-corrected chi connectivity index (χ2v) is 9.15. The average molecular weight is 475 g/mol. The molecule has 0 bridgehead atoms. The smallest absolute Gasteiger partial charge is 0.267 e. The lowest BCUT2D eigenvalue weighted by Crippen LogP contribution is -2.11. The number of carbonyl (C=O) groups is 1. The zero-order valence-corrected chi connectivity index (χ0v) is 19.1. The van der Waals surface area contributed by atoms with Gasteiger partial charge in [0.2, 0.25) is 11.8 Å². The van der Waals surface area contributed by atoms with Gasteiger partial charge in [-0.05, 0) is 53.6 Å². The fourth-order valence-electron chi connectivity index (χ4n) is 3.23. The number of nitrogen functional groups attached to an aromatic ring is 1. The molecule has 0 unspecified atom stereocenters. The number of anilines is 2. The predicted octanol–water partition coefficient (Wildman–Crippen LogP) is 4.03. The average Bonchev–Trinajstić information content (AvgIpc) is 3.34. The van der Waals surface area contributed by atoms with Gasteiger partial charge in [0.25, 0.3) is 10.0 Å². The van der Waals surface area contributed by atoms with E-state index in [0.29, 0.717) is 28.4 Å². The van der Waals surface area contributed by atoms with Gasteiger partial charge in [-0.2, -0.15) is 0 Å². The van der Waals surface area contributed by atoms with E-state index in [1.807, 2.05) is 12.1 Å². The summed E-state index contributed by atoms with van der Waals surface area (Å²) in [5, 5.41) is 2.68. The minimum absolute atomic E-state index is 0.129. The van der Waals surface area contributed by atoms with Crippen LogP contribution in [0.2, 0.25) is 0 Å². The van der Waals surface area contributed by atoms with E-state index in [9.17, 15) is 13.2 Å². The van der Waals surface area contributed by atoms with Crippen molar-refractivity contribution in [1.82, 2.24) is 8.96 Å². The topological polar surface area (TPSA) is 116 Å². The molecule has 2 heterocycles. The second kappa shape index (κ2) is 9.63. The van der Waals surface area contributed by atoms with E-state index in [-0.39, 0.29) is 10.8 Å². The number of pyridine rings is 1. The predicted molar refractivity (Wildman–Crippen MR) is 132 cm³/mol. The van der Waals surface area contributed by atoms with Crippen LogP contribution in [0, 0.1) is 0 Å². The molecule has 0 spiro atoms. The molecule has 0 saturated carbocycles. The number of nitrogens with zero attached hydrogens (tertiary/aromatic N) is 2. The Balaban J connectivity index is 1.52. The van der Waals surface area contributed by atoms with Gasteiger partial charge in [0.05, 0.1) is 23.4 Å². The molecule has 2 aromatic heterocycles. The van der Waals surface area contributed by atoms with Crippen molar-refractivity contribution in [2.45, 2.75) is 4.90 Å². The van der Waals surface area contributed by atoms with E-state index in [0.717, 1.165) is 9.54 Å². The lowest BCUT2D eigenvalue weighted by atomic mass is 10.1. The van der Waals surface area contributed by atoms with Crippen molar-refractivity contribution < 1.29 is 17.9 Å². The Kier molecular flexibility index (Phi) is 6.46. The summed E-state index contributed by atoms with van der Waals surface area (Å²) < 4.78 is 32.5. The van der Waals surface area contributed by atoms with E-state index in [1.54, 1.807) is 54.7 Å². The van der Waals surface area contributed by atoms with Crippen LogP contribution in [0.1, 0.15) is 5.56 Å². The molecule has 0 aliphatic rings. The number of aromatic nitrogens is 2. The van der Waals surface area contributed by atoms with Crippen LogP contribution < -0.4 is 15.8 Å². The Hall–Kier alpha value is -4.37. The summed E-state index contributed by atoms with van der Waals surface area (Å²) in [7, 11) is -2.30. The Morgan fingerprint density at radius 1 is 1.06 bits per heavy atom. The van der Waals surface area contributed by atoms with Gasteiger partial charge in [-0.3, -0.25) is 4.79 Å². The fourth-order valence-corrected chi connectivity index (χ4v) is 4.48. The quantitative estimate of drug-likeness (QED) is 0.309. The lowest BCUT2D eigenvalue weighted by molar-refractivity contribution is -0.111. The number of benzene rings is 2. The van der Waals surface area contributed by atoms with E-state index in [1.165, 1.54) is 37.7 Å². The van der Waals surface area contributed by atoms with Crippen LogP contribution in [-0.4, -0.2) is 30.4 Å². The number of hydrogen-bond acceptors (Lipinski definition) is 6. The minimum Gasteiger partial charge on any atom is -0.481 e. The Bertz CT molecular complexity index is 1460. The number of rotatable bonds is 7. The van der Waals surface area contributed by atoms with Crippen molar-refractivity contribution in [3.63, 3.8) is 0 Å². The zero-order valence-electron chi connectivity index (χ0n) is 18.3. The number of nitrogens with two attached hydrogens (primary N) is 1. The summed E-state index contributed by atoms with van der Waals surface area (Å²) in [4.78, 5) is 16.5. The SMILES string of the molecule is COc1ccc(-c2cccc(S(=O)(=O)n3ccc(C=CC(=O)Nc4ccccc4N)c3)c2)cn1. The van der Waals surface area contributed by atoms with Gasteiger partial charge in [0.15, 0.2) is 0 Å². The van der Waals surface area contributed by atoms with E-state index >= 15 is 0 Å². The van der Waals surface area contributed by atoms with Crippen LogP contribution in [0.15, 0.2) is 96.3 Å². The molecule has 4 aromatic rings. The molecule has 0 fully saturated rings. The third kappa shape index (κ3) is 5.00. The molecular formula is C25H22N4O4S. The van der Waals surface area contributed by atoms with Gasteiger partial charge in [-0.25, -0.2) is 17.4 Å². The van der Waals surface area contributed by atoms with E-state index in [2.05, 4.69) is 10.3 Å². The van der Waals surface area contributed by atoms with Crippen molar-refractivity contribution in [1.29, 1.82) is 0 Å². The standard InChI is InChI=1S/C25H22N4O4S/c1-33-25-12-10-20(16-27-25)19-5-4-6-21(15-19)34(31,32)29-14-13-18(17-29)9-11-24(30)28-23-8-3-2-7-22(23)26/h2-17H,26H2,1H3,(H,28,30). The monoisotopic (exact) mass is 474 g/mol. The first-order valence-electron chi connectivity index (χ1n) is 10.2. The van der Waals surface area contributed by atoms with Crippen LogP contribution >= 0.6 is 0 Å². The number of methoxy groups -OCH3 is 1. The summed E-state index contributed by atoms with van der Waals surface area (Å²) in [6.45, 7) is 0. The highest BCUT2D eigenvalue weighted by atomic mass is 32.2. The van der Waals surface area contributed by atoms with Crippen molar-refractivity contribution in [3.8, 4) is 17.0 Å². The number of amides is 1. The Morgan fingerprint density at radius 3 is 2.62 bits per heavy atom. The van der Waals surface area contributed by atoms with Crippen LogP contribution in [0.5, 0.6) is 5.88 Å². The molecule has 1 amide bonds. The number of nitrogens with one attached hydrogen (secondary N) is 1. The second-order valence-electron chi connectivity index (χ2n) is 7.31. The highest BCUT2D eigenvalue weighted by Crippen LogP contribution is 2.25. The largest absolute Gasteiger partial charge is 0.481 e. The Labute approximate surface area is 197 Å². The summed E-state index contributed by atoms with van der Waals surface area (Å²) in [6, 6.07) is 18.7. The van der Waals surface area contributed by atoms with Crippen molar-refractivity contribution >= 4 is 33.4 Å². The molecule has 0 saturated heterocycles. The highest BCUT2D eigenvalue weighted by molar-refractivity contribution is 7.90. The maximum atomic E-state index is 13.2. The molecule has 2 aromatic carbocycles. The maximum Gasteiger partial charge on any atom is 0.267 e. The van der Waals surface area contributed by atoms with Crippen LogP contribution in [0.4, 0.5) is 11.4 Å². The van der Waals surface area contributed by atoms with E-state index < -0.39 is 10.0 Å². The molecule has 0 aliphatic heterocycles. The molecule has 3 N–H and O–H groups in total. The molecule has 34 heavy (non-hydrogen) atoms. The number of ether oxygens (including phenoxy) is 1. The molecule has 0 aliphatic carbocycles. The minimum atomic E-state index is -3.83. The molecule has 0 atom stereocenters. The van der Waals surface area contributed by atoms with Crippen LogP contribution in [-0.2, 0) is 14.8 Å². The third-order valence-corrected chi connectivity index (χ3v) is 6.66. The first kappa shape index (κ1) is 22.8. The summed E-state index contributed by atoms with van der Waals surface area (Å²) in [5.74, 6) is 0.0932. The van der Waals surface area contributed by atoms with Crippen LogP contribution in [0.3, 0.4) is 0 Å². The van der Waals surface area contributed by atoms with Crippen molar-refractivity contribution in [3.05, 3.63) is 97.0 Å². The molecule has 8 nitrogen and oxygen atoms in total. The molecule has 9 heteroatoms. The first-order valence-corrected chi connectivity index (χ1v) is 11.7. The summed E-state index contributed by atoms with van der Waals surface area (Å²) >= 11 is 0.